The van der Waals surface area contributed by atoms with Crippen molar-refractivity contribution < 1.29 is 0 Å². The van der Waals surface area contributed by atoms with Gasteiger partial charge in [0.2, 0.25) is 0 Å². The first-order valence-corrected chi connectivity index (χ1v) is 5.65. The molecule has 0 aliphatic carbocycles. The fraction of sp³-hybridized carbons (Fsp3) is 0.636. The molecule has 0 spiro atoms. The highest BCUT2D eigenvalue weighted by atomic mass is 15.1. The van der Waals surface area contributed by atoms with E-state index in [9.17, 15) is 0 Å². The van der Waals surface area contributed by atoms with Crippen LogP contribution in [0, 0.1) is 0 Å². The van der Waals surface area contributed by atoms with Crippen LogP contribution in [0.15, 0.2) is 6.33 Å². The fourth-order valence-electron chi connectivity index (χ4n) is 1.46. The number of nitrogens with one attached hydrogen (secondary N) is 2. The second-order valence-electron chi connectivity index (χ2n) is 3.36. The van der Waals surface area contributed by atoms with E-state index in [-0.39, 0.29) is 0 Å². The molecule has 0 radical (unpaired) electrons. The van der Waals surface area contributed by atoms with Gasteiger partial charge < -0.3 is 10.6 Å². The van der Waals surface area contributed by atoms with Crippen molar-refractivity contribution in [1.82, 2.24) is 9.97 Å². The van der Waals surface area contributed by atoms with Crippen LogP contribution in [0.25, 0.3) is 0 Å². The lowest BCUT2D eigenvalue weighted by Gasteiger charge is -2.12. The molecule has 1 rings (SSSR count). The maximum atomic E-state index is 4.27. The van der Waals surface area contributed by atoms with E-state index in [0.717, 1.165) is 37.6 Å². The van der Waals surface area contributed by atoms with E-state index in [4.69, 9.17) is 0 Å². The predicted octanol–water partition coefficient (Wildman–Crippen LogP) is 2.29. The minimum absolute atomic E-state index is 0.886. The van der Waals surface area contributed by atoms with E-state index < -0.39 is 0 Å². The predicted molar refractivity (Wildman–Crippen MR) is 64.4 cm³/mol. The van der Waals surface area contributed by atoms with Gasteiger partial charge in [-0.05, 0) is 19.8 Å². The van der Waals surface area contributed by atoms with Gasteiger partial charge >= 0.3 is 0 Å². The fourth-order valence-corrected chi connectivity index (χ4v) is 1.46. The van der Waals surface area contributed by atoms with Gasteiger partial charge in [-0.1, -0.05) is 13.8 Å². The Morgan fingerprint density at radius 3 is 2.27 bits per heavy atom. The Balaban J connectivity index is 2.88. The highest BCUT2D eigenvalue weighted by molar-refractivity contribution is 5.57. The van der Waals surface area contributed by atoms with Crippen molar-refractivity contribution >= 4 is 11.6 Å². The molecule has 0 amide bonds. The average molecular weight is 208 g/mol. The van der Waals surface area contributed by atoms with E-state index >= 15 is 0 Å². The largest absolute Gasteiger partial charge is 0.370 e. The maximum absolute atomic E-state index is 4.27. The molecule has 2 N–H and O–H groups in total. The molecule has 1 aromatic heterocycles. The number of anilines is 2. The lowest BCUT2D eigenvalue weighted by Crippen LogP contribution is -2.10. The number of hydrogen-bond acceptors (Lipinski definition) is 4. The second-order valence-corrected chi connectivity index (χ2v) is 3.36. The van der Waals surface area contributed by atoms with Gasteiger partial charge in [-0.25, -0.2) is 9.97 Å². The quantitative estimate of drug-likeness (QED) is 0.753. The van der Waals surface area contributed by atoms with Gasteiger partial charge in [0.1, 0.15) is 18.0 Å². The third kappa shape index (κ3) is 3.08. The van der Waals surface area contributed by atoms with E-state index in [2.05, 4.69) is 41.4 Å². The van der Waals surface area contributed by atoms with Crippen molar-refractivity contribution in [2.24, 2.45) is 0 Å². The summed E-state index contributed by atoms with van der Waals surface area (Å²) in [5.74, 6) is 1.92. The highest BCUT2D eigenvalue weighted by Gasteiger charge is 2.07. The Hall–Kier alpha value is -1.32. The summed E-state index contributed by atoms with van der Waals surface area (Å²) in [4.78, 5) is 8.51. The van der Waals surface area contributed by atoms with E-state index in [1.165, 1.54) is 5.56 Å². The van der Waals surface area contributed by atoms with Crippen LogP contribution in [-0.2, 0) is 6.42 Å². The SMILES string of the molecule is CCCNc1ncnc(NCC)c1CC. The Morgan fingerprint density at radius 2 is 1.73 bits per heavy atom. The lowest BCUT2D eigenvalue weighted by molar-refractivity contribution is 0.946. The smallest absolute Gasteiger partial charge is 0.134 e. The summed E-state index contributed by atoms with van der Waals surface area (Å²) in [6.07, 6.45) is 3.65. The van der Waals surface area contributed by atoms with Crippen molar-refractivity contribution in [2.45, 2.75) is 33.6 Å². The third-order valence-corrected chi connectivity index (χ3v) is 2.19. The van der Waals surface area contributed by atoms with Gasteiger partial charge in [0.15, 0.2) is 0 Å². The van der Waals surface area contributed by atoms with E-state index in [0.29, 0.717) is 0 Å². The molecule has 15 heavy (non-hydrogen) atoms. The molecule has 0 fully saturated rings. The summed E-state index contributed by atoms with van der Waals surface area (Å²) in [7, 11) is 0. The van der Waals surface area contributed by atoms with Crippen LogP contribution in [0.4, 0.5) is 11.6 Å². The zero-order chi connectivity index (χ0) is 11.1. The summed E-state index contributed by atoms with van der Waals surface area (Å²) in [6, 6.07) is 0. The standard InChI is InChI=1S/C11H20N4/c1-4-7-13-11-9(5-2)10(12-6-3)14-8-15-11/h8H,4-7H2,1-3H3,(H2,12,13,14,15). The molecule has 0 saturated carbocycles. The third-order valence-electron chi connectivity index (χ3n) is 2.19. The van der Waals surface area contributed by atoms with Gasteiger partial charge in [-0.15, -0.1) is 0 Å². The van der Waals surface area contributed by atoms with E-state index in [1.54, 1.807) is 6.33 Å². The van der Waals surface area contributed by atoms with Gasteiger partial charge in [-0.2, -0.15) is 0 Å². The zero-order valence-electron chi connectivity index (χ0n) is 9.80. The van der Waals surface area contributed by atoms with Crippen LogP contribution >= 0.6 is 0 Å². The second kappa shape index (κ2) is 6.22. The van der Waals surface area contributed by atoms with Gasteiger partial charge in [0.05, 0.1) is 0 Å². The first-order chi connectivity index (χ1) is 7.33. The Morgan fingerprint density at radius 1 is 1.07 bits per heavy atom. The van der Waals surface area contributed by atoms with Gasteiger partial charge in [0, 0.05) is 18.7 Å². The Labute approximate surface area is 91.5 Å². The summed E-state index contributed by atoms with van der Waals surface area (Å²) in [5, 5.41) is 6.57. The van der Waals surface area contributed by atoms with Crippen LogP contribution in [0.3, 0.4) is 0 Å². The summed E-state index contributed by atoms with van der Waals surface area (Å²) in [5.41, 5.74) is 1.17. The van der Waals surface area contributed by atoms with Crippen molar-refractivity contribution in [1.29, 1.82) is 0 Å². The van der Waals surface area contributed by atoms with E-state index in [1.807, 2.05) is 0 Å². The maximum Gasteiger partial charge on any atom is 0.134 e. The van der Waals surface area contributed by atoms with Crippen LogP contribution in [0.1, 0.15) is 32.8 Å². The number of hydrogen-bond donors (Lipinski definition) is 2. The summed E-state index contributed by atoms with van der Waals surface area (Å²) < 4.78 is 0. The molecule has 0 unspecified atom stereocenters. The average Bonchev–Trinajstić information content (AvgIpc) is 2.27. The van der Waals surface area contributed by atoms with Crippen molar-refractivity contribution in [3.05, 3.63) is 11.9 Å². The molecule has 1 heterocycles. The number of nitrogens with zero attached hydrogens (tertiary/aromatic N) is 2. The highest BCUT2D eigenvalue weighted by Crippen LogP contribution is 2.19. The Bertz CT molecular complexity index is 299. The van der Waals surface area contributed by atoms with Gasteiger partial charge in [0.25, 0.3) is 0 Å². The molecule has 0 aromatic carbocycles. The monoisotopic (exact) mass is 208 g/mol. The molecule has 0 saturated heterocycles. The lowest BCUT2D eigenvalue weighted by atomic mass is 10.2. The summed E-state index contributed by atoms with van der Waals surface area (Å²) in [6.45, 7) is 8.18. The summed E-state index contributed by atoms with van der Waals surface area (Å²) >= 11 is 0. The molecular weight excluding hydrogens is 188 g/mol. The first kappa shape index (κ1) is 11.8. The molecule has 84 valence electrons. The molecule has 0 aliphatic heterocycles. The number of rotatable bonds is 6. The zero-order valence-corrected chi connectivity index (χ0v) is 9.80. The molecular formula is C11H20N4. The number of aromatic nitrogens is 2. The molecule has 0 bridgehead atoms. The molecule has 1 aromatic rings. The molecule has 0 atom stereocenters. The van der Waals surface area contributed by atoms with Crippen LogP contribution in [0.2, 0.25) is 0 Å². The molecule has 4 nitrogen and oxygen atoms in total. The van der Waals surface area contributed by atoms with Crippen molar-refractivity contribution in [2.75, 3.05) is 23.7 Å². The van der Waals surface area contributed by atoms with Crippen LogP contribution in [0.5, 0.6) is 0 Å². The van der Waals surface area contributed by atoms with Crippen molar-refractivity contribution in [3.8, 4) is 0 Å². The van der Waals surface area contributed by atoms with Crippen LogP contribution < -0.4 is 10.6 Å². The first-order valence-electron chi connectivity index (χ1n) is 5.65. The topological polar surface area (TPSA) is 49.8 Å². The van der Waals surface area contributed by atoms with Crippen LogP contribution in [-0.4, -0.2) is 23.1 Å². The van der Waals surface area contributed by atoms with Crippen molar-refractivity contribution in [3.63, 3.8) is 0 Å². The molecule has 0 aliphatic rings. The Kier molecular flexibility index (Phi) is 4.87. The van der Waals surface area contributed by atoms with Gasteiger partial charge in [-0.3, -0.25) is 0 Å². The minimum Gasteiger partial charge on any atom is -0.370 e. The minimum atomic E-state index is 0.886. The molecule has 4 heteroatoms. The normalized spacial score (nSPS) is 10.1.